The molecule has 2 heteroatoms. The van der Waals surface area contributed by atoms with Crippen molar-refractivity contribution in [3.63, 3.8) is 0 Å². The summed E-state index contributed by atoms with van der Waals surface area (Å²) in [6.45, 7) is 3.24. The van der Waals surface area contributed by atoms with Gasteiger partial charge in [0.1, 0.15) is 0 Å². The molecule has 4 aromatic carbocycles. The third-order valence-electron chi connectivity index (χ3n) is 7.52. The summed E-state index contributed by atoms with van der Waals surface area (Å²) in [5, 5.41) is 6.08. The first kappa shape index (κ1) is 20.9. The van der Waals surface area contributed by atoms with Crippen LogP contribution in [0.1, 0.15) is 24.8 Å². The van der Waals surface area contributed by atoms with Gasteiger partial charge in [0.05, 0.1) is 0 Å². The third kappa shape index (κ3) is 3.13. The summed E-state index contributed by atoms with van der Waals surface area (Å²) in [4.78, 5) is 2.54. The molecule has 0 saturated heterocycles. The summed E-state index contributed by atoms with van der Waals surface area (Å²) in [5.74, 6) is 0.392. The lowest BCUT2D eigenvalue weighted by atomic mass is 9.91. The van der Waals surface area contributed by atoms with Crippen LogP contribution in [0.3, 0.4) is 0 Å². The van der Waals surface area contributed by atoms with E-state index >= 15 is 0 Å². The van der Waals surface area contributed by atoms with Crippen LogP contribution in [0.25, 0.3) is 0 Å². The summed E-state index contributed by atoms with van der Waals surface area (Å²) >= 11 is 0. The number of allylic oxidation sites excluding steroid dienone is 3. The Balaban J connectivity index is 1.69. The van der Waals surface area contributed by atoms with E-state index in [9.17, 15) is 0 Å². The molecule has 6 rings (SSSR count). The highest BCUT2D eigenvalue weighted by Gasteiger charge is 2.50. The molecule has 0 unspecified atom stereocenters. The molecule has 2 aliphatic rings. The Labute approximate surface area is 203 Å². The van der Waals surface area contributed by atoms with E-state index < -0.39 is 8.07 Å². The fourth-order valence-corrected chi connectivity index (χ4v) is 11.5. The van der Waals surface area contributed by atoms with E-state index in [1.165, 1.54) is 32.5 Å². The number of rotatable bonds is 4. The van der Waals surface area contributed by atoms with Gasteiger partial charge in [-0.3, -0.25) is 0 Å². The average Bonchev–Trinajstić information content (AvgIpc) is 2.93. The number of nitrogens with zero attached hydrogens (tertiary/aromatic N) is 1. The van der Waals surface area contributed by atoms with Crippen LogP contribution in [0.15, 0.2) is 138 Å². The van der Waals surface area contributed by atoms with Gasteiger partial charge in [-0.2, -0.15) is 0 Å². The molecule has 1 aliphatic carbocycles. The summed E-state index contributed by atoms with van der Waals surface area (Å²) in [6, 6.07) is 42.8. The van der Waals surface area contributed by atoms with E-state index in [1.807, 2.05) is 0 Å². The van der Waals surface area contributed by atoms with E-state index in [2.05, 4.69) is 139 Å². The van der Waals surface area contributed by atoms with Crippen LogP contribution in [-0.2, 0) is 0 Å². The molecule has 0 N–H and O–H groups in total. The molecule has 0 aromatic heterocycles. The molecule has 0 fully saturated rings. The van der Waals surface area contributed by atoms with Crippen molar-refractivity contribution < 1.29 is 0 Å². The molecular formula is C32H29NSi. The summed E-state index contributed by atoms with van der Waals surface area (Å²) in [5.41, 5.74) is 4.18. The van der Waals surface area contributed by atoms with Crippen LogP contribution in [0.4, 0.5) is 5.69 Å². The predicted octanol–water partition coefficient (Wildman–Crippen LogP) is 5.53. The summed E-state index contributed by atoms with van der Waals surface area (Å²) < 4.78 is 0. The second kappa shape index (κ2) is 8.62. The molecule has 0 radical (unpaired) electrons. The minimum absolute atomic E-state index is 0.392. The van der Waals surface area contributed by atoms with Crippen LogP contribution >= 0.6 is 0 Å². The summed E-state index contributed by atoms with van der Waals surface area (Å²) in [7, 11) is -2.46. The van der Waals surface area contributed by atoms with Gasteiger partial charge in [-0.05, 0) is 51.8 Å². The Morgan fingerprint density at radius 3 is 1.88 bits per heavy atom. The van der Waals surface area contributed by atoms with Gasteiger partial charge in [0.2, 0.25) is 0 Å². The molecule has 0 saturated carbocycles. The standard InChI is InChI=1S/C32H29NSi/c1-2-33-29-20-12-13-21-31(29)34(27-16-8-4-9-17-27,28-18-10-5-11-19-28)32-24-26(22-23-30(32)33)25-14-6-3-7-15-25/h3-23,26H,2,24H2,1H3/t26-/m0/s1. The lowest BCUT2D eigenvalue weighted by Crippen LogP contribution is -2.71. The van der Waals surface area contributed by atoms with Gasteiger partial charge >= 0.3 is 0 Å². The van der Waals surface area contributed by atoms with Gasteiger partial charge in [-0.25, -0.2) is 0 Å². The van der Waals surface area contributed by atoms with E-state index in [4.69, 9.17) is 0 Å². The summed E-state index contributed by atoms with van der Waals surface area (Å²) in [6.07, 6.45) is 5.90. The zero-order chi connectivity index (χ0) is 23.0. The molecule has 1 aliphatic heterocycles. The highest BCUT2D eigenvalue weighted by Crippen LogP contribution is 2.42. The van der Waals surface area contributed by atoms with Crippen molar-refractivity contribution in [1.29, 1.82) is 0 Å². The smallest absolute Gasteiger partial charge is 0.179 e. The van der Waals surface area contributed by atoms with E-state index in [1.54, 1.807) is 5.20 Å². The first-order valence-electron chi connectivity index (χ1n) is 12.3. The maximum atomic E-state index is 2.54. The number of hydrogen-bond donors (Lipinski definition) is 0. The van der Waals surface area contributed by atoms with E-state index in [-0.39, 0.29) is 0 Å². The molecule has 4 aromatic rings. The maximum absolute atomic E-state index is 2.54. The van der Waals surface area contributed by atoms with Gasteiger partial charge in [-0.15, -0.1) is 0 Å². The highest BCUT2D eigenvalue weighted by molar-refractivity contribution is 7.17. The van der Waals surface area contributed by atoms with Gasteiger partial charge in [-0.1, -0.05) is 115 Å². The number of benzene rings is 4. The van der Waals surface area contributed by atoms with Crippen LogP contribution in [0.2, 0.25) is 0 Å². The lowest BCUT2D eigenvalue weighted by Gasteiger charge is -2.47. The van der Waals surface area contributed by atoms with E-state index in [0.29, 0.717) is 5.92 Å². The predicted molar refractivity (Wildman–Crippen MR) is 147 cm³/mol. The minimum atomic E-state index is -2.46. The third-order valence-corrected chi connectivity index (χ3v) is 12.5. The number of para-hydroxylation sites is 1. The molecule has 1 atom stereocenters. The molecular weight excluding hydrogens is 426 g/mol. The molecule has 0 bridgehead atoms. The first-order valence-corrected chi connectivity index (χ1v) is 14.3. The zero-order valence-corrected chi connectivity index (χ0v) is 20.6. The van der Waals surface area contributed by atoms with Crippen LogP contribution in [0.5, 0.6) is 0 Å². The zero-order valence-electron chi connectivity index (χ0n) is 19.6. The number of likely N-dealkylation sites (N-methyl/N-ethyl adjacent to an activating group) is 1. The highest BCUT2D eigenvalue weighted by atomic mass is 28.3. The van der Waals surface area contributed by atoms with Crippen molar-refractivity contribution >= 4 is 29.3 Å². The SMILES string of the molecule is CCN1C2=C(C[C@@H](c3ccccc3)C=C2)[Si](c2ccccc2)(c2ccccc2)c2ccccc21. The fourth-order valence-electron chi connectivity index (χ4n) is 6.09. The van der Waals surface area contributed by atoms with Gasteiger partial charge < -0.3 is 4.90 Å². The Kier molecular flexibility index (Phi) is 5.31. The van der Waals surface area contributed by atoms with E-state index in [0.717, 1.165) is 13.0 Å². The van der Waals surface area contributed by atoms with Crippen LogP contribution in [-0.4, -0.2) is 14.6 Å². The maximum Gasteiger partial charge on any atom is 0.179 e. The van der Waals surface area contributed by atoms with Gasteiger partial charge in [0, 0.05) is 23.8 Å². The second-order valence-electron chi connectivity index (χ2n) is 9.19. The monoisotopic (exact) mass is 455 g/mol. The molecule has 1 nitrogen and oxygen atoms in total. The van der Waals surface area contributed by atoms with Crippen molar-refractivity contribution in [2.24, 2.45) is 0 Å². The van der Waals surface area contributed by atoms with Crippen molar-refractivity contribution in [3.8, 4) is 0 Å². The van der Waals surface area contributed by atoms with Crippen molar-refractivity contribution in [2.75, 3.05) is 11.4 Å². The molecule has 34 heavy (non-hydrogen) atoms. The number of anilines is 1. The van der Waals surface area contributed by atoms with Crippen LogP contribution in [0, 0.1) is 0 Å². The van der Waals surface area contributed by atoms with Crippen LogP contribution < -0.4 is 20.5 Å². The fraction of sp³-hybridized carbons (Fsp3) is 0.125. The Morgan fingerprint density at radius 2 is 1.26 bits per heavy atom. The van der Waals surface area contributed by atoms with Crippen molar-refractivity contribution in [1.82, 2.24) is 0 Å². The normalized spacial score (nSPS) is 18.4. The second-order valence-corrected chi connectivity index (χ2v) is 13.0. The Hall–Kier alpha value is -3.62. The minimum Gasteiger partial charge on any atom is -0.342 e. The largest absolute Gasteiger partial charge is 0.342 e. The average molecular weight is 456 g/mol. The molecule has 166 valence electrons. The Morgan fingerprint density at radius 1 is 0.706 bits per heavy atom. The lowest BCUT2D eigenvalue weighted by molar-refractivity contribution is 0.808. The molecule has 0 amide bonds. The first-order chi connectivity index (χ1) is 16.8. The van der Waals surface area contributed by atoms with Gasteiger partial charge in [0.15, 0.2) is 8.07 Å². The molecule has 1 heterocycles. The number of fused-ring (bicyclic) bond motifs is 1. The quantitative estimate of drug-likeness (QED) is 0.366. The topological polar surface area (TPSA) is 3.24 Å². The molecule has 0 spiro atoms. The Bertz CT molecular complexity index is 1320. The van der Waals surface area contributed by atoms with Crippen molar-refractivity contribution in [2.45, 2.75) is 19.3 Å². The van der Waals surface area contributed by atoms with Crippen molar-refractivity contribution in [3.05, 3.63) is 144 Å². The number of hydrogen-bond acceptors (Lipinski definition) is 1. The van der Waals surface area contributed by atoms with Gasteiger partial charge in [0.25, 0.3) is 0 Å².